The van der Waals surface area contributed by atoms with Crippen LogP contribution >= 0.6 is 0 Å². The van der Waals surface area contributed by atoms with E-state index in [1.54, 1.807) is 17.0 Å². The molecule has 2 aliphatic rings. The molecule has 0 unspecified atom stereocenters. The molecule has 0 atom stereocenters. The maximum atomic E-state index is 13.0. The summed E-state index contributed by atoms with van der Waals surface area (Å²) in [6, 6.07) is 13.6. The molecule has 4 rings (SSSR count). The quantitative estimate of drug-likeness (QED) is 0.656. The number of hydrogen-bond donors (Lipinski definition) is 1. The Morgan fingerprint density at radius 3 is 2.21 bits per heavy atom. The maximum absolute atomic E-state index is 13.0. The third-order valence-electron chi connectivity index (χ3n) is 6.16. The van der Waals surface area contributed by atoms with Crippen molar-refractivity contribution in [2.75, 3.05) is 52.6 Å². The Labute approximate surface area is 193 Å². The Kier molecular flexibility index (Phi) is 7.80. The van der Waals surface area contributed by atoms with Gasteiger partial charge in [0.2, 0.25) is 0 Å². The van der Waals surface area contributed by atoms with Gasteiger partial charge in [-0.3, -0.25) is 9.69 Å². The second-order valence-corrected chi connectivity index (χ2v) is 8.67. The van der Waals surface area contributed by atoms with Gasteiger partial charge in [0, 0.05) is 32.7 Å². The average molecular weight is 459 g/mol. The van der Waals surface area contributed by atoms with Crippen LogP contribution in [-0.2, 0) is 16.1 Å². The molecule has 1 N–H and O–H groups in total. The summed E-state index contributed by atoms with van der Waals surface area (Å²) >= 11 is 0. The number of halogens is 1. The molecule has 0 aliphatic carbocycles. The highest BCUT2D eigenvalue weighted by Gasteiger charge is 2.33. The molecule has 0 aromatic heterocycles. The zero-order chi connectivity index (χ0) is 23.1. The monoisotopic (exact) mass is 458 g/mol. The summed E-state index contributed by atoms with van der Waals surface area (Å²) in [5, 5.41) is 10.8. The van der Waals surface area contributed by atoms with Crippen LogP contribution in [0.25, 0.3) is 0 Å². The number of piperidine rings is 1. The van der Waals surface area contributed by atoms with Crippen molar-refractivity contribution in [3.8, 4) is 11.5 Å². The fourth-order valence-corrected chi connectivity index (χ4v) is 4.02. The van der Waals surface area contributed by atoms with E-state index in [0.29, 0.717) is 50.6 Å². The fraction of sp³-hybridized carbons (Fsp3) is 0.480. The van der Waals surface area contributed by atoms with E-state index in [0.717, 1.165) is 25.2 Å². The zero-order valence-electron chi connectivity index (χ0n) is 18.7. The molecule has 7 nitrogen and oxygen atoms in total. The van der Waals surface area contributed by atoms with Crippen LogP contribution < -0.4 is 9.47 Å². The van der Waals surface area contributed by atoms with Crippen molar-refractivity contribution in [2.24, 2.45) is 0 Å². The number of likely N-dealkylation sites (tertiary alicyclic amines) is 1. The van der Waals surface area contributed by atoms with Crippen molar-refractivity contribution in [3.63, 3.8) is 0 Å². The van der Waals surface area contributed by atoms with Gasteiger partial charge in [-0.15, -0.1) is 0 Å². The van der Waals surface area contributed by atoms with Gasteiger partial charge in [0.25, 0.3) is 5.91 Å². The number of nitrogens with zero attached hydrogens (tertiary/aromatic N) is 2. The number of carbonyl (C=O) groups excluding carboxylic acids is 1. The van der Waals surface area contributed by atoms with E-state index in [-0.39, 0.29) is 24.9 Å². The van der Waals surface area contributed by atoms with Gasteiger partial charge in [0.15, 0.2) is 6.61 Å². The smallest absolute Gasteiger partial charge is 0.260 e. The van der Waals surface area contributed by atoms with Gasteiger partial charge in [-0.2, -0.15) is 0 Å². The Morgan fingerprint density at radius 2 is 1.55 bits per heavy atom. The lowest BCUT2D eigenvalue weighted by Gasteiger charge is -2.38. The average Bonchev–Trinajstić information content (AvgIpc) is 2.85. The molecule has 0 spiro atoms. The summed E-state index contributed by atoms with van der Waals surface area (Å²) in [5.74, 6) is 0.898. The SMILES string of the molecule is O=C(COc1ccc(CN2CCC(O)(COc3ccc(F)cc3)CC2)cc1)N1CCOCC1. The molecule has 0 saturated carbocycles. The first-order valence-electron chi connectivity index (χ1n) is 11.4. The van der Waals surface area contributed by atoms with Crippen molar-refractivity contribution >= 4 is 5.91 Å². The molecule has 2 saturated heterocycles. The van der Waals surface area contributed by atoms with Crippen LogP contribution in [0.15, 0.2) is 48.5 Å². The summed E-state index contributed by atoms with van der Waals surface area (Å²) in [7, 11) is 0. The lowest BCUT2D eigenvalue weighted by atomic mass is 9.92. The van der Waals surface area contributed by atoms with E-state index < -0.39 is 5.60 Å². The number of ether oxygens (including phenoxy) is 3. The molecule has 2 fully saturated rings. The first-order chi connectivity index (χ1) is 16.0. The fourth-order valence-electron chi connectivity index (χ4n) is 4.02. The van der Waals surface area contributed by atoms with Crippen LogP contribution in [0, 0.1) is 5.82 Å². The predicted molar refractivity (Wildman–Crippen MR) is 121 cm³/mol. The van der Waals surface area contributed by atoms with Crippen molar-refractivity contribution in [3.05, 3.63) is 59.9 Å². The molecule has 8 heteroatoms. The second-order valence-electron chi connectivity index (χ2n) is 8.67. The molecule has 33 heavy (non-hydrogen) atoms. The number of carbonyl (C=O) groups is 1. The van der Waals surface area contributed by atoms with Crippen LogP contribution in [0.4, 0.5) is 4.39 Å². The highest BCUT2D eigenvalue weighted by atomic mass is 19.1. The third kappa shape index (κ3) is 6.90. The van der Waals surface area contributed by atoms with E-state index in [9.17, 15) is 14.3 Å². The van der Waals surface area contributed by atoms with Crippen molar-refractivity contribution in [1.29, 1.82) is 0 Å². The van der Waals surface area contributed by atoms with Crippen LogP contribution in [0.2, 0.25) is 0 Å². The normalized spacial score (nSPS) is 18.7. The van der Waals surface area contributed by atoms with Gasteiger partial charge >= 0.3 is 0 Å². The highest BCUT2D eigenvalue weighted by molar-refractivity contribution is 5.77. The lowest BCUT2D eigenvalue weighted by Crippen LogP contribution is -2.47. The van der Waals surface area contributed by atoms with E-state index in [1.165, 1.54) is 12.1 Å². The number of aliphatic hydroxyl groups is 1. The topological polar surface area (TPSA) is 71.5 Å². The van der Waals surface area contributed by atoms with Crippen LogP contribution in [0.5, 0.6) is 11.5 Å². The van der Waals surface area contributed by atoms with E-state index in [2.05, 4.69) is 4.90 Å². The molecule has 1 amide bonds. The summed E-state index contributed by atoms with van der Waals surface area (Å²) in [4.78, 5) is 16.2. The van der Waals surface area contributed by atoms with Gasteiger partial charge in [-0.1, -0.05) is 12.1 Å². The Morgan fingerprint density at radius 1 is 0.939 bits per heavy atom. The van der Waals surface area contributed by atoms with Crippen LogP contribution in [0.1, 0.15) is 18.4 Å². The summed E-state index contributed by atoms with van der Waals surface area (Å²) in [6.45, 7) is 4.92. The molecule has 2 aliphatic heterocycles. The molecular weight excluding hydrogens is 427 g/mol. The highest BCUT2D eigenvalue weighted by Crippen LogP contribution is 2.25. The number of morpholine rings is 1. The van der Waals surface area contributed by atoms with Crippen LogP contribution in [-0.4, -0.2) is 79.0 Å². The number of benzene rings is 2. The molecule has 2 aromatic rings. The minimum atomic E-state index is -0.879. The standard InChI is InChI=1S/C25H31FN2O5/c26-21-3-7-23(8-4-21)33-19-25(30)9-11-27(12-10-25)17-20-1-5-22(6-2-20)32-18-24(29)28-13-15-31-16-14-28/h1-8,30H,9-19H2. The van der Waals surface area contributed by atoms with E-state index in [4.69, 9.17) is 14.2 Å². The molecule has 178 valence electrons. The Balaban J connectivity index is 1.18. The third-order valence-corrected chi connectivity index (χ3v) is 6.16. The summed E-state index contributed by atoms with van der Waals surface area (Å²) < 4.78 is 29.6. The van der Waals surface area contributed by atoms with Crippen LogP contribution in [0.3, 0.4) is 0 Å². The van der Waals surface area contributed by atoms with Gasteiger partial charge in [0.1, 0.15) is 29.5 Å². The van der Waals surface area contributed by atoms with Gasteiger partial charge in [-0.25, -0.2) is 4.39 Å². The minimum absolute atomic E-state index is 0.0217. The Bertz CT molecular complexity index is 892. The molecule has 2 aromatic carbocycles. The Hall–Kier alpha value is -2.68. The number of rotatable bonds is 8. The van der Waals surface area contributed by atoms with Crippen molar-refractivity contribution in [2.45, 2.75) is 25.0 Å². The second kappa shape index (κ2) is 11.0. The van der Waals surface area contributed by atoms with E-state index >= 15 is 0 Å². The first-order valence-corrected chi connectivity index (χ1v) is 11.4. The first kappa shape index (κ1) is 23.5. The molecular formula is C25H31FN2O5. The molecule has 0 radical (unpaired) electrons. The van der Waals surface area contributed by atoms with Gasteiger partial charge < -0.3 is 24.2 Å². The predicted octanol–water partition coefficient (Wildman–Crippen LogP) is 2.47. The molecule has 0 bridgehead atoms. The van der Waals surface area contributed by atoms with Gasteiger partial charge in [-0.05, 0) is 54.8 Å². The molecule has 2 heterocycles. The zero-order valence-corrected chi connectivity index (χ0v) is 18.7. The van der Waals surface area contributed by atoms with Crippen molar-refractivity contribution < 1.29 is 28.5 Å². The minimum Gasteiger partial charge on any atom is -0.491 e. The lowest BCUT2D eigenvalue weighted by molar-refractivity contribution is -0.137. The maximum Gasteiger partial charge on any atom is 0.260 e. The number of amides is 1. The summed E-state index contributed by atoms with van der Waals surface area (Å²) in [6.07, 6.45) is 1.22. The van der Waals surface area contributed by atoms with Gasteiger partial charge in [0.05, 0.1) is 13.2 Å². The van der Waals surface area contributed by atoms with Crippen molar-refractivity contribution in [1.82, 2.24) is 9.80 Å². The number of hydrogen-bond acceptors (Lipinski definition) is 6. The van der Waals surface area contributed by atoms with E-state index in [1.807, 2.05) is 24.3 Å². The largest absolute Gasteiger partial charge is 0.491 e. The summed E-state index contributed by atoms with van der Waals surface area (Å²) in [5.41, 5.74) is 0.269.